The van der Waals surface area contributed by atoms with Crippen LogP contribution in [-0.2, 0) is 17.6 Å². The highest BCUT2D eigenvalue weighted by Crippen LogP contribution is 2.34. The first-order valence-electron chi connectivity index (χ1n) is 9.11. The van der Waals surface area contributed by atoms with Gasteiger partial charge in [0.15, 0.2) is 5.16 Å². The lowest BCUT2D eigenvalue weighted by Gasteiger charge is -2.11. The molecule has 2 aromatic heterocycles. The number of nitrogens with one attached hydrogen (secondary N) is 2. The maximum atomic E-state index is 12.6. The van der Waals surface area contributed by atoms with Gasteiger partial charge in [-0.1, -0.05) is 11.8 Å². The predicted octanol–water partition coefficient (Wildman–Crippen LogP) is 4.76. The number of thioether (sulfide) groups is 1. The van der Waals surface area contributed by atoms with Gasteiger partial charge in [-0.25, -0.2) is 4.98 Å². The van der Waals surface area contributed by atoms with Crippen molar-refractivity contribution >= 4 is 56.5 Å². The van der Waals surface area contributed by atoms with Gasteiger partial charge < -0.3 is 15.0 Å². The molecule has 1 aromatic carbocycles. The van der Waals surface area contributed by atoms with Crippen LogP contribution in [0.4, 0.5) is 14.5 Å². The third-order valence-corrected chi connectivity index (χ3v) is 6.65. The number of carbonyl (C=O) groups is 1. The molecule has 2 heterocycles. The van der Waals surface area contributed by atoms with Crippen molar-refractivity contribution in [3.63, 3.8) is 0 Å². The molecule has 6 nitrogen and oxygen atoms in total. The number of aromatic nitrogens is 2. The summed E-state index contributed by atoms with van der Waals surface area (Å²) in [6, 6.07) is 5.38. The Kier molecular flexibility index (Phi) is 5.99. The van der Waals surface area contributed by atoms with E-state index in [0.717, 1.165) is 43.0 Å². The average molecular weight is 472 g/mol. The number of ether oxygens (including phenoxy) is 1. The van der Waals surface area contributed by atoms with Crippen LogP contribution in [0.1, 0.15) is 23.3 Å². The quantitative estimate of drug-likeness (QED) is 0.307. The Hall–Kier alpha value is -2.17. The van der Waals surface area contributed by atoms with Crippen molar-refractivity contribution in [2.45, 2.75) is 36.4 Å². The lowest BCUT2D eigenvalue weighted by atomic mass is 9.97. The lowest BCUT2D eigenvalue weighted by molar-refractivity contribution is -0.113. The number of halogens is 3. The van der Waals surface area contributed by atoms with Crippen LogP contribution in [0.3, 0.4) is 0 Å². The molecule has 1 amide bonds. The molecule has 30 heavy (non-hydrogen) atoms. The minimum Gasteiger partial charge on any atom is -0.420 e. The van der Waals surface area contributed by atoms with Crippen LogP contribution in [0.25, 0.3) is 10.2 Å². The minimum atomic E-state index is -3.80. The van der Waals surface area contributed by atoms with E-state index >= 15 is 0 Å². The number of hydrogen-bond acceptors (Lipinski definition) is 6. The summed E-state index contributed by atoms with van der Waals surface area (Å²) >= 11 is 7.38. The Morgan fingerprint density at radius 1 is 1.30 bits per heavy atom. The third kappa shape index (κ3) is 4.93. The number of rotatable bonds is 6. The zero-order valence-corrected chi connectivity index (χ0v) is 17.9. The highest BCUT2D eigenvalue weighted by Gasteiger charge is 2.27. The van der Waals surface area contributed by atoms with Crippen molar-refractivity contribution in [3.8, 4) is 5.75 Å². The summed E-state index contributed by atoms with van der Waals surface area (Å²) in [5, 5.41) is 3.70. The molecule has 0 bridgehead atoms. The molecule has 0 saturated carbocycles. The molecule has 0 saturated heterocycles. The summed E-state index contributed by atoms with van der Waals surface area (Å²) in [7, 11) is 0. The molecule has 0 aliphatic heterocycles. The van der Waals surface area contributed by atoms with Gasteiger partial charge in [-0.15, -0.1) is 20.1 Å². The number of aromatic amines is 1. The fourth-order valence-electron chi connectivity index (χ4n) is 3.28. The number of nitrogens with zero attached hydrogens (tertiary/aromatic N) is 1. The number of thiophene rings is 1. The molecule has 158 valence electrons. The molecule has 0 radical (unpaired) electrons. The van der Waals surface area contributed by atoms with Crippen molar-refractivity contribution in [1.82, 2.24) is 9.97 Å². The molecule has 2 N–H and O–H groups in total. The number of H-pyrrole nitrogens is 1. The number of fused-ring (bicyclic) bond motifs is 3. The number of amides is 1. The number of anilines is 1. The smallest absolute Gasteiger partial charge is 0.420 e. The summed E-state index contributed by atoms with van der Waals surface area (Å²) in [6.07, 6.45) is 4.09. The summed E-state index contributed by atoms with van der Waals surface area (Å²) in [6.45, 7) is 0. The normalized spacial score (nSPS) is 13.8. The van der Waals surface area contributed by atoms with Crippen molar-refractivity contribution in [2.24, 2.45) is 0 Å². The van der Waals surface area contributed by atoms with E-state index in [0.29, 0.717) is 21.1 Å². The second kappa shape index (κ2) is 8.52. The van der Waals surface area contributed by atoms with Crippen LogP contribution in [-0.4, -0.2) is 27.2 Å². The zero-order valence-electron chi connectivity index (χ0n) is 15.5. The van der Waals surface area contributed by atoms with Crippen LogP contribution in [0, 0.1) is 0 Å². The first-order chi connectivity index (χ1) is 14.3. The molecule has 0 unspecified atom stereocenters. The van der Waals surface area contributed by atoms with E-state index in [-0.39, 0.29) is 23.0 Å². The molecular weight excluding hydrogens is 456 g/mol. The van der Waals surface area contributed by atoms with Gasteiger partial charge in [0, 0.05) is 22.2 Å². The van der Waals surface area contributed by atoms with Gasteiger partial charge in [-0.2, -0.15) is 0 Å². The summed E-state index contributed by atoms with van der Waals surface area (Å²) in [5.41, 5.74) is -2.44. The number of benzene rings is 1. The van der Waals surface area contributed by atoms with Crippen molar-refractivity contribution in [1.29, 1.82) is 0 Å². The second-order valence-corrected chi connectivity index (χ2v) is 9.16. The second-order valence-electron chi connectivity index (χ2n) is 6.67. The molecule has 0 fully saturated rings. The van der Waals surface area contributed by atoms with Gasteiger partial charge in [0.2, 0.25) is 5.91 Å². The van der Waals surface area contributed by atoms with Gasteiger partial charge in [-0.3, -0.25) is 9.59 Å². The minimum absolute atomic E-state index is 0.0253. The van der Waals surface area contributed by atoms with E-state index in [1.165, 1.54) is 29.1 Å². The number of aryl methyl sites for hydroxylation is 2. The Labute approximate surface area is 183 Å². The first kappa shape index (κ1) is 21.1. The van der Waals surface area contributed by atoms with Crippen molar-refractivity contribution in [2.75, 3.05) is 11.1 Å². The van der Waals surface area contributed by atoms with E-state index in [9.17, 15) is 18.4 Å². The fourth-order valence-corrected chi connectivity index (χ4v) is 5.35. The van der Waals surface area contributed by atoms with E-state index < -0.39 is 5.57 Å². The zero-order chi connectivity index (χ0) is 21.3. The molecule has 11 heteroatoms. The Bertz CT molecular complexity index is 1140. The lowest BCUT2D eigenvalue weighted by Crippen LogP contribution is -2.16. The van der Waals surface area contributed by atoms with E-state index in [1.54, 1.807) is 11.3 Å². The molecular formula is C19H16ClF2N3O3S2. The number of hydrogen-bond donors (Lipinski definition) is 2. The molecule has 3 aromatic rings. The monoisotopic (exact) mass is 471 g/mol. The van der Waals surface area contributed by atoms with Crippen molar-refractivity contribution < 1.29 is 18.3 Å². The average Bonchev–Trinajstić information content (AvgIpc) is 3.06. The van der Waals surface area contributed by atoms with Gasteiger partial charge >= 0.3 is 5.57 Å². The molecule has 4 rings (SSSR count). The maximum absolute atomic E-state index is 12.6. The summed E-state index contributed by atoms with van der Waals surface area (Å²) < 4.78 is 29.4. The van der Waals surface area contributed by atoms with Gasteiger partial charge in [0.1, 0.15) is 10.6 Å². The topological polar surface area (TPSA) is 84.1 Å². The largest absolute Gasteiger partial charge is 0.487 e. The first-order valence-corrected chi connectivity index (χ1v) is 11.3. The van der Waals surface area contributed by atoms with Crippen LogP contribution in [0.15, 0.2) is 34.2 Å². The van der Waals surface area contributed by atoms with Crippen LogP contribution >= 0.6 is 34.7 Å². The van der Waals surface area contributed by atoms with E-state index in [2.05, 4.69) is 20.0 Å². The molecule has 1 aliphatic rings. The molecule has 0 spiro atoms. The number of carbonyl (C=O) groups excluding carboxylic acids is 1. The maximum Gasteiger partial charge on any atom is 0.487 e. The van der Waals surface area contributed by atoms with Gasteiger partial charge in [-0.05, 0) is 55.5 Å². The fraction of sp³-hybridized carbons (Fsp3) is 0.316. The Balaban J connectivity index is 1.39. The van der Waals surface area contributed by atoms with E-state index in [4.69, 9.17) is 11.6 Å². The third-order valence-electron chi connectivity index (χ3n) is 4.51. The summed E-state index contributed by atoms with van der Waals surface area (Å²) in [5.74, 6) is -0.432. The van der Waals surface area contributed by atoms with Gasteiger partial charge in [0.05, 0.1) is 11.1 Å². The number of alkyl halides is 3. The van der Waals surface area contributed by atoms with Crippen LogP contribution < -0.4 is 15.6 Å². The van der Waals surface area contributed by atoms with E-state index in [1.807, 2.05) is 0 Å². The van der Waals surface area contributed by atoms with Crippen LogP contribution in [0.5, 0.6) is 5.75 Å². The molecule has 0 atom stereocenters. The SMILES string of the molecule is O=C(CSc1nc2sc3c(c2c(=O)[nH]1)CCCC3)Nc1ccc(OC(F)(F)Cl)cc1. The highest BCUT2D eigenvalue weighted by molar-refractivity contribution is 7.99. The van der Waals surface area contributed by atoms with Gasteiger partial charge in [0.25, 0.3) is 5.56 Å². The molecule has 1 aliphatic carbocycles. The highest BCUT2D eigenvalue weighted by atomic mass is 35.5. The van der Waals surface area contributed by atoms with Crippen molar-refractivity contribution in [3.05, 3.63) is 45.1 Å². The predicted molar refractivity (Wildman–Crippen MR) is 114 cm³/mol. The van der Waals surface area contributed by atoms with Crippen LogP contribution in [0.2, 0.25) is 0 Å². The standard InChI is InChI=1S/C19H16ClF2N3O3S2/c20-19(21,22)28-11-7-5-10(6-8-11)23-14(26)9-29-18-24-16(27)15-12-3-1-2-4-13(12)30-17(15)25-18/h5-8H,1-4,9H2,(H,23,26)(H,24,25,27). The Morgan fingerprint density at radius 3 is 2.77 bits per heavy atom. The Morgan fingerprint density at radius 2 is 2.03 bits per heavy atom. The summed E-state index contributed by atoms with van der Waals surface area (Å²) in [4.78, 5) is 33.9.